The van der Waals surface area contributed by atoms with Crippen LogP contribution >= 0.6 is 11.8 Å². The maximum Gasteiger partial charge on any atom is 0.251 e. The lowest BCUT2D eigenvalue weighted by molar-refractivity contribution is 0.0938. The molecule has 0 heterocycles. The van der Waals surface area contributed by atoms with Crippen molar-refractivity contribution in [2.24, 2.45) is 0 Å². The molecule has 0 aromatic heterocycles. The van der Waals surface area contributed by atoms with Crippen LogP contribution in [0.1, 0.15) is 43.6 Å². The highest BCUT2D eigenvalue weighted by atomic mass is 32.2. The molecular weight excluding hydrogens is 280 g/mol. The molecule has 0 aliphatic carbocycles. The average molecular weight is 308 g/mol. The molecular formula is C17H28N2OS. The van der Waals surface area contributed by atoms with Gasteiger partial charge in [-0.25, -0.2) is 0 Å². The first-order valence-corrected chi connectivity index (χ1v) is 8.77. The third-order valence-corrected chi connectivity index (χ3v) is 4.40. The molecule has 1 N–H and O–H groups in total. The van der Waals surface area contributed by atoms with Crippen molar-refractivity contribution < 1.29 is 4.79 Å². The number of thioether (sulfide) groups is 1. The number of amides is 1. The first-order valence-electron chi connectivity index (χ1n) is 7.55. The van der Waals surface area contributed by atoms with Gasteiger partial charge in [0.1, 0.15) is 0 Å². The monoisotopic (exact) mass is 308 g/mol. The second-order valence-corrected chi connectivity index (χ2v) is 6.74. The minimum Gasteiger partial charge on any atom is -0.351 e. The van der Waals surface area contributed by atoms with Crippen molar-refractivity contribution in [1.82, 2.24) is 10.2 Å². The van der Waals surface area contributed by atoms with Crippen LogP contribution in [0.25, 0.3) is 0 Å². The highest BCUT2D eigenvalue weighted by Gasteiger charge is 2.14. The third-order valence-electron chi connectivity index (χ3n) is 3.67. The van der Waals surface area contributed by atoms with Gasteiger partial charge in [-0.15, -0.1) is 11.8 Å². The van der Waals surface area contributed by atoms with Gasteiger partial charge in [-0.2, -0.15) is 0 Å². The van der Waals surface area contributed by atoms with E-state index in [2.05, 4.69) is 44.0 Å². The van der Waals surface area contributed by atoms with Gasteiger partial charge in [0.2, 0.25) is 0 Å². The largest absolute Gasteiger partial charge is 0.351 e. The Labute approximate surface area is 133 Å². The van der Waals surface area contributed by atoms with Crippen LogP contribution in [0, 0.1) is 6.92 Å². The Kier molecular flexibility index (Phi) is 7.26. The summed E-state index contributed by atoms with van der Waals surface area (Å²) < 4.78 is 0. The van der Waals surface area contributed by atoms with E-state index in [9.17, 15) is 4.79 Å². The minimum atomic E-state index is 0.0239. The van der Waals surface area contributed by atoms with E-state index >= 15 is 0 Å². The smallest absolute Gasteiger partial charge is 0.251 e. The maximum atomic E-state index is 12.3. The lowest BCUT2D eigenvalue weighted by Gasteiger charge is -2.30. The van der Waals surface area contributed by atoms with E-state index in [0.717, 1.165) is 22.6 Å². The van der Waals surface area contributed by atoms with Crippen LogP contribution in [-0.2, 0) is 0 Å². The molecule has 118 valence electrons. The van der Waals surface area contributed by atoms with Crippen LogP contribution in [0.4, 0.5) is 0 Å². The Morgan fingerprint density at radius 2 is 1.86 bits per heavy atom. The van der Waals surface area contributed by atoms with Crippen molar-refractivity contribution >= 4 is 17.7 Å². The zero-order chi connectivity index (χ0) is 16.0. The number of aryl methyl sites for hydroxylation is 1. The van der Waals surface area contributed by atoms with Crippen molar-refractivity contribution in [3.63, 3.8) is 0 Å². The van der Waals surface area contributed by atoms with Crippen LogP contribution in [0.15, 0.2) is 23.1 Å². The standard InChI is InChI=1S/C17H28N2OS/c1-12(2)19(13(3)4)10-9-18-17(20)16-11-15(21-6)8-7-14(16)5/h7-8,11-13H,9-10H2,1-6H3,(H,18,20). The van der Waals surface area contributed by atoms with Gasteiger partial charge in [0, 0.05) is 35.6 Å². The van der Waals surface area contributed by atoms with E-state index in [1.807, 2.05) is 25.3 Å². The van der Waals surface area contributed by atoms with E-state index in [1.165, 1.54) is 0 Å². The average Bonchev–Trinajstić information content (AvgIpc) is 2.43. The minimum absolute atomic E-state index is 0.0239. The predicted octanol–water partition coefficient (Wildman–Crippen LogP) is 3.57. The fraction of sp³-hybridized carbons (Fsp3) is 0.588. The van der Waals surface area contributed by atoms with Gasteiger partial charge in [0.25, 0.3) is 5.91 Å². The lowest BCUT2D eigenvalue weighted by atomic mass is 10.1. The fourth-order valence-corrected chi connectivity index (χ4v) is 2.92. The maximum absolute atomic E-state index is 12.3. The molecule has 21 heavy (non-hydrogen) atoms. The summed E-state index contributed by atoms with van der Waals surface area (Å²) in [6.07, 6.45) is 2.02. The van der Waals surface area contributed by atoms with Gasteiger partial charge in [0.05, 0.1) is 0 Å². The van der Waals surface area contributed by atoms with Crippen molar-refractivity contribution in [2.45, 2.75) is 51.6 Å². The molecule has 0 saturated heterocycles. The molecule has 1 amide bonds. The van der Waals surface area contributed by atoms with Crippen molar-refractivity contribution in [1.29, 1.82) is 0 Å². The second kappa shape index (κ2) is 8.44. The van der Waals surface area contributed by atoms with Crippen LogP contribution in [-0.4, -0.2) is 42.2 Å². The Balaban J connectivity index is 2.62. The third kappa shape index (κ3) is 5.36. The number of carbonyl (C=O) groups excluding carboxylic acids is 1. The predicted molar refractivity (Wildman–Crippen MR) is 92.3 cm³/mol. The molecule has 0 spiro atoms. The summed E-state index contributed by atoms with van der Waals surface area (Å²) in [5.41, 5.74) is 1.80. The summed E-state index contributed by atoms with van der Waals surface area (Å²) in [4.78, 5) is 15.8. The molecule has 0 bridgehead atoms. The number of hydrogen-bond donors (Lipinski definition) is 1. The molecule has 1 aromatic rings. The highest BCUT2D eigenvalue weighted by molar-refractivity contribution is 7.98. The summed E-state index contributed by atoms with van der Waals surface area (Å²) in [7, 11) is 0. The molecule has 0 unspecified atom stereocenters. The van der Waals surface area contributed by atoms with Gasteiger partial charge in [-0.05, 0) is 58.6 Å². The van der Waals surface area contributed by atoms with Gasteiger partial charge >= 0.3 is 0 Å². The van der Waals surface area contributed by atoms with Crippen molar-refractivity contribution in [3.05, 3.63) is 29.3 Å². The molecule has 0 aliphatic heterocycles. The van der Waals surface area contributed by atoms with Gasteiger partial charge < -0.3 is 5.32 Å². The Morgan fingerprint density at radius 1 is 1.24 bits per heavy atom. The Hall–Kier alpha value is -1.00. The number of nitrogens with zero attached hydrogens (tertiary/aromatic N) is 1. The van der Waals surface area contributed by atoms with E-state index < -0.39 is 0 Å². The molecule has 0 saturated carbocycles. The summed E-state index contributed by atoms with van der Waals surface area (Å²) in [5, 5.41) is 3.04. The number of nitrogens with one attached hydrogen (secondary N) is 1. The topological polar surface area (TPSA) is 32.3 Å². The zero-order valence-corrected chi connectivity index (χ0v) is 14.9. The van der Waals surface area contributed by atoms with Gasteiger partial charge in [-0.3, -0.25) is 9.69 Å². The zero-order valence-electron chi connectivity index (χ0n) is 14.1. The molecule has 4 heteroatoms. The number of carbonyl (C=O) groups is 1. The molecule has 0 radical (unpaired) electrons. The van der Waals surface area contributed by atoms with Crippen LogP contribution < -0.4 is 5.32 Å². The molecule has 3 nitrogen and oxygen atoms in total. The quantitative estimate of drug-likeness (QED) is 0.782. The SMILES string of the molecule is CSc1ccc(C)c(C(=O)NCCN(C(C)C)C(C)C)c1. The normalized spacial score (nSPS) is 11.5. The first-order chi connectivity index (χ1) is 9.86. The van der Waals surface area contributed by atoms with Crippen LogP contribution in [0.2, 0.25) is 0 Å². The molecule has 1 rings (SSSR count). The van der Waals surface area contributed by atoms with Gasteiger partial charge in [-0.1, -0.05) is 6.07 Å². The molecule has 1 aromatic carbocycles. The fourth-order valence-electron chi connectivity index (χ4n) is 2.48. The van der Waals surface area contributed by atoms with E-state index in [4.69, 9.17) is 0 Å². The molecule has 0 aliphatic rings. The second-order valence-electron chi connectivity index (χ2n) is 5.86. The first kappa shape index (κ1) is 18.1. The molecule has 0 fully saturated rings. The summed E-state index contributed by atoms with van der Waals surface area (Å²) in [5.74, 6) is 0.0239. The van der Waals surface area contributed by atoms with Crippen molar-refractivity contribution in [3.8, 4) is 0 Å². The summed E-state index contributed by atoms with van der Waals surface area (Å²) in [6, 6.07) is 7.01. The number of hydrogen-bond acceptors (Lipinski definition) is 3. The summed E-state index contributed by atoms with van der Waals surface area (Å²) >= 11 is 1.66. The molecule has 0 atom stereocenters. The van der Waals surface area contributed by atoms with E-state index in [-0.39, 0.29) is 5.91 Å². The van der Waals surface area contributed by atoms with Gasteiger partial charge in [0.15, 0.2) is 0 Å². The highest BCUT2D eigenvalue weighted by Crippen LogP contribution is 2.19. The van der Waals surface area contributed by atoms with E-state index in [1.54, 1.807) is 11.8 Å². The van der Waals surface area contributed by atoms with E-state index in [0.29, 0.717) is 18.6 Å². The van der Waals surface area contributed by atoms with Crippen molar-refractivity contribution in [2.75, 3.05) is 19.3 Å². The summed E-state index contributed by atoms with van der Waals surface area (Å²) in [6.45, 7) is 12.3. The van der Waals surface area contributed by atoms with Crippen LogP contribution in [0.3, 0.4) is 0 Å². The number of rotatable bonds is 7. The lowest BCUT2D eigenvalue weighted by Crippen LogP contribution is -2.42. The Bertz CT molecular complexity index is 464. The van der Waals surface area contributed by atoms with Crippen LogP contribution in [0.5, 0.6) is 0 Å². The Morgan fingerprint density at radius 3 is 2.38 bits per heavy atom. The number of benzene rings is 1.